The molecule has 0 aromatic rings. The fraction of sp³-hybridized carbons (Fsp3) is 0.886. The van der Waals surface area contributed by atoms with Gasteiger partial charge in [0.1, 0.15) is 24.4 Å². The van der Waals surface area contributed by atoms with E-state index < -0.39 is 49.5 Å². The molecule has 0 aromatic carbocycles. The van der Waals surface area contributed by atoms with E-state index >= 15 is 0 Å². The number of aliphatic hydroxyl groups excluding tert-OH is 5. The van der Waals surface area contributed by atoms with E-state index in [1.807, 2.05) is 6.08 Å². The molecule has 1 fully saturated rings. The van der Waals surface area contributed by atoms with Crippen LogP contribution in [0.3, 0.4) is 0 Å². The van der Waals surface area contributed by atoms with Gasteiger partial charge in [-0.1, -0.05) is 179 Å². The van der Waals surface area contributed by atoms with Crippen LogP contribution in [0.4, 0.5) is 0 Å². The molecule has 6 N–H and O–H groups in total. The van der Waals surface area contributed by atoms with E-state index in [4.69, 9.17) is 9.47 Å². The molecule has 1 aliphatic heterocycles. The number of ether oxygens (including phenoxy) is 2. The fourth-order valence-electron chi connectivity index (χ4n) is 6.94. The standard InChI is InChI=1S/C44H83NO8/c1-3-5-7-9-11-12-13-14-15-16-17-18-19-20-21-22-23-24-25-26-27-28-29-31-33-38(47)37(45-40(48)34-32-30-10-8-6-4-2)36-52-44-43(51)42(50)41(49)39(35-46)53-44/h26-27,31,33,37-39,41-44,46-47,49-51H,3-25,28-30,32,34-36H2,1-2H3,(H,45,48)/b27-26+,33-31+. The Bertz CT molecular complexity index is 883. The van der Waals surface area contributed by atoms with E-state index in [0.29, 0.717) is 6.42 Å². The number of aliphatic hydroxyl groups is 5. The second-order valence-corrected chi connectivity index (χ2v) is 15.5. The van der Waals surface area contributed by atoms with E-state index in [1.54, 1.807) is 6.08 Å². The molecule has 7 atom stereocenters. The van der Waals surface area contributed by atoms with Gasteiger partial charge in [-0.25, -0.2) is 0 Å². The molecular weight excluding hydrogens is 670 g/mol. The second kappa shape index (κ2) is 35.1. The van der Waals surface area contributed by atoms with E-state index in [9.17, 15) is 30.3 Å². The first kappa shape index (κ1) is 49.7. The molecule has 1 saturated heterocycles. The Morgan fingerprint density at radius 2 is 1.08 bits per heavy atom. The highest BCUT2D eigenvalue weighted by atomic mass is 16.7. The minimum atomic E-state index is -1.57. The molecule has 0 saturated carbocycles. The first-order valence-electron chi connectivity index (χ1n) is 22.1. The van der Waals surface area contributed by atoms with Crippen molar-refractivity contribution in [3.63, 3.8) is 0 Å². The lowest BCUT2D eigenvalue weighted by Gasteiger charge is -2.40. The zero-order valence-electron chi connectivity index (χ0n) is 34.0. The second-order valence-electron chi connectivity index (χ2n) is 15.5. The molecule has 53 heavy (non-hydrogen) atoms. The molecule has 0 spiro atoms. The molecule has 1 aliphatic rings. The number of unbranched alkanes of at least 4 members (excludes halogenated alkanes) is 24. The van der Waals surface area contributed by atoms with Crippen molar-refractivity contribution in [3.8, 4) is 0 Å². The van der Waals surface area contributed by atoms with Gasteiger partial charge in [-0.3, -0.25) is 4.79 Å². The molecule has 7 unspecified atom stereocenters. The predicted molar refractivity (Wildman–Crippen MR) is 217 cm³/mol. The lowest BCUT2D eigenvalue weighted by Crippen LogP contribution is -2.60. The molecule has 1 rings (SSSR count). The summed E-state index contributed by atoms with van der Waals surface area (Å²) in [5.74, 6) is -0.196. The Balaban J connectivity index is 2.25. The first-order valence-corrected chi connectivity index (χ1v) is 22.1. The number of carbonyl (C=O) groups excluding carboxylic acids is 1. The molecule has 0 aromatic heterocycles. The van der Waals surface area contributed by atoms with E-state index in [2.05, 4.69) is 31.3 Å². The van der Waals surface area contributed by atoms with Crippen molar-refractivity contribution in [1.82, 2.24) is 5.32 Å². The molecule has 9 nitrogen and oxygen atoms in total. The molecule has 1 heterocycles. The zero-order valence-corrected chi connectivity index (χ0v) is 34.0. The summed E-state index contributed by atoms with van der Waals surface area (Å²) < 4.78 is 11.1. The van der Waals surface area contributed by atoms with Crippen LogP contribution in [0.1, 0.15) is 194 Å². The van der Waals surface area contributed by atoms with Gasteiger partial charge in [0, 0.05) is 6.42 Å². The third-order valence-electron chi connectivity index (χ3n) is 10.5. The van der Waals surface area contributed by atoms with Gasteiger partial charge in [-0.2, -0.15) is 0 Å². The molecule has 0 aliphatic carbocycles. The maximum atomic E-state index is 12.7. The van der Waals surface area contributed by atoms with Gasteiger partial charge in [-0.05, 0) is 32.1 Å². The Kier molecular flexibility index (Phi) is 32.9. The van der Waals surface area contributed by atoms with Crippen LogP contribution in [0.2, 0.25) is 0 Å². The summed E-state index contributed by atoms with van der Waals surface area (Å²) in [5, 5.41) is 53.8. The Hall–Kier alpha value is -1.33. The molecule has 312 valence electrons. The average Bonchev–Trinajstić information content (AvgIpc) is 3.16. The highest BCUT2D eigenvalue weighted by Crippen LogP contribution is 2.22. The van der Waals surface area contributed by atoms with Crippen LogP contribution in [0, 0.1) is 0 Å². The van der Waals surface area contributed by atoms with Crippen LogP contribution in [0.15, 0.2) is 24.3 Å². The lowest BCUT2D eigenvalue weighted by molar-refractivity contribution is -0.302. The Morgan fingerprint density at radius 1 is 0.623 bits per heavy atom. The third-order valence-corrected chi connectivity index (χ3v) is 10.5. The molecular formula is C44H83NO8. The topological polar surface area (TPSA) is 149 Å². The fourth-order valence-corrected chi connectivity index (χ4v) is 6.94. The maximum absolute atomic E-state index is 12.7. The molecule has 0 radical (unpaired) electrons. The molecule has 0 bridgehead atoms. The molecule has 1 amide bonds. The van der Waals surface area contributed by atoms with Gasteiger partial charge in [0.2, 0.25) is 5.91 Å². The minimum Gasteiger partial charge on any atom is -0.394 e. The van der Waals surface area contributed by atoms with Crippen molar-refractivity contribution in [2.24, 2.45) is 0 Å². The highest BCUT2D eigenvalue weighted by Gasteiger charge is 2.44. The van der Waals surface area contributed by atoms with Crippen molar-refractivity contribution >= 4 is 5.91 Å². The van der Waals surface area contributed by atoms with E-state index in [0.717, 1.165) is 51.4 Å². The maximum Gasteiger partial charge on any atom is 0.220 e. The van der Waals surface area contributed by atoms with Crippen molar-refractivity contribution < 1.29 is 39.8 Å². The van der Waals surface area contributed by atoms with Crippen molar-refractivity contribution in [3.05, 3.63) is 24.3 Å². The number of hydrogen-bond donors (Lipinski definition) is 6. The van der Waals surface area contributed by atoms with Crippen molar-refractivity contribution in [2.45, 2.75) is 236 Å². The summed E-state index contributed by atoms with van der Waals surface area (Å²) in [6, 6.07) is -0.814. The first-order chi connectivity index (χ1) is 25.8. The number of rotatable bonds is 36. The summed E-state index contributed by atoms with van der Waals surface area (Å²) in [5.41, 5.74) is 0. The summed E-state index contributed by atoms with van der Waals surface area (Å²) in [6.07, 6.45) is 34.2. The Labute approximate surface area is 324 Å². The monoisotopic (exact) mass is 754 g/mol. The van der Waals surface area contributed by atoms with Crippen molar-refractivity contribution in [1.29, 1.82) is 0 Å². The van der Waals surface area contributed by atoms with Crippen molar-refractivity contribution in [2.75, 3.05) is 13.2 Å². The average molecular weight is 754 g/mol. The van der Waals surface area contributed by atoms with Gasteiger partial charge in [0.25, 0.3) is 0 Å². The van der Waals surface area contributed by atoms with Gasteiger partial charge >= 0.3 is 0 Å². The zero-order chi connectivity index (χ0) is 38.8. The van der Waals surface area contributed by atoms with Crippen LogP contribution in [-0.2, 0) is 14.3 Å². The number of nitrogens with one attached hydrogen (secondary N) is 1. The molecule has 9 heteroatoms. The summed E-state index contributed by atoms with van der Waals surface area (Å²) in [7, 11) is 0. The summed E-state index contributed by atoms with van der Waals surface area (Å²) >= 11 is 0. The number of allylic oxidation sites excluding steroid dienone is 3. The van der Waals surface area contributed by atoms with Gasteiger partial charge in [0.15, 0.2) is 6.29 Å². The van der Waals surface area contributed by atoms with Gasteiger partial charge < -0.3 is 40.3 Å². The summed E-state index contributed by atoms with van der Waals surface area (Å²) in [4.78, 5) is 12.7. The highest BCUT2D eigenvalue weighted by molar-refractivity contribution is 5.76. The summed E-state index contributed by atoms with van der Waals surface area (Å²) in [6.45, 7) is 3.68. The van der Waals surface area contributed by atoms with Crippen LogP contribution in [-0.4, -0.2) is 87.5 Å². The lowest BCUT2D eigenvalue weighted by atomic mass is 9.99. The number of amides is 1. The smallest absolute Gasteiger partial charge is 0.220 e. The van der Waals surface area contributed by atoms with Crippen LogP contribution < -0.4 is 5.32 Å². The quantitative estimate of drug-likeness (QED) is 0.0275. The van der Waals surface area contributed by atoms with Crippen LogP contribution in [0.5, 0.6) is 0 Å². The third kappa shape index (κ3) is 26.2. The van der Waals surface area contributed by atoms with E-state index in [-0.39, 0.29) is 12.5 Å². The number of hydrogen-bond acceptors (Lipinski definition) is 8. The Morgan fingerprint density at radius 3 is 1.58 bits per heavy atom. The van der Waals surface area contributed by atoms with Crippen LogP contribution >= 0.6 is 0 Å². The predicted octanol–water partition coefficient (Wildman–Crippen LogP) is 8.72. The van der Waals surface area contributed by atoms with Crippen LogP contribution in [0.25, 0.3) is 0 Å². The minimum absolute atomic E-state index is 0.196. The normalized spacial score (nSPS) is 21.8. The largest absolute Gasteiger partial charge is 0.394 e. The SMILES string of the molecule is CCCCCCCCCCCCCCCCCCCC/C=C/CC/C=C/C(O)C(COC1OC(CO)C(O)C(O)C1O)NC(=O)CCCCCCCC. The van der Waals surface area contributed by atoms with E-state index in [1.165, 1.54) is 122 Å². The van der Waals surface area contributed by atoms with Gasteiger partial charge in [0.05, 0.1) is 25.4 Å². The van der Waals surface area contributed by atoms with Gasteiger partial charge in [-0.15, -0.1) is 0 Å². The number of carbonyl (C=O) groups is 1.